The highest BCUT2D eigenvalue weighted by Gasteiger charge is 2.35. The zero-order valence-electron chi connectivity index (χ0n) is 8.23. The highest BCUT2D eigenvalue weighted by atomic mass is 16.6. The smallest absolute Gasteiger partial charge is 0.160 e. The van der Waals surface area contributed by atoms with Gasteiger partial charge >= 0.3 is 0 Å². The predicted molar refractivity (Wildman–Crippen MR) is 50.1 cm³/mol. The predicted octanol–water partition coefficient (Wildman–Crippen LogP) is 1.06. The molecule has 1 fully saturated rings. The molecule has 0 spiro atoms. The van der Waals surface area contributed by atoms with Crippen LogP contribution in [0.15, 0.2) is 12.7 Å². The molecule has 1 rings (SSSR count). The van der Waals surface area contributed by atoms with Gasteiger partial charge in [0.2, 0.25) is 0 Å². The molecule has 3 atom stereocenters. The fraction of sp³-hybridized carbons (Fsp3) is 0.800. The zero-order chi connectivity index (χ0) is 10.1. The van der Waals surface area contributed by atoms with Crippen molar-refractivity contribution in [1.82, 2.24) is 0 Å². The summed E-state index contributed by atoms with van der Waals surface area (Å²) in [5, 5.41) is 19.0. The van der Waals surface area contributed by atoms with Crippen LogP contribution < -0.4 is 0 Å². The second-order valence-corrected chi connectivity index (χ2v) is 4.14. The maximum Gasteiger partial charge on any atom is 0.160 e. The first-order valence-electron chi connectivity index (χ1n) is 4.63. The van der Waals surface area contributed by atoms with E-state index in [-0.39, 0.29) is 6.10 Å². The number of rotatable bonds is 3. The van der Waals surface area contributed by atoms with Crippen LogP contribution in [-0.2, 0) is 4.74 Å². The van der Waals surface area contributed by atoms with E-state index in [0.29, 0.717) is 12.3 Å². The molecule has 13 heavy (non-hydrogen) atoms. The first kappa shape index (κ1) is 10.7. The van der Waals surface area contributed by atoms with Gasteiger partial charge in [0.25, 0.3) is 0 Å². The molecule has 76 valence electrons. The zero-order valence-corrected chi connectivity index (χ0v) is 8.23. The van der Waals surface area contributed by atoms with Crippen LogP contribution >= 0.6 is 0 Å². The van der Waals surface area contributed by atoms with Gasteiger partial charge in [-0.05, 0) is 32.6 Å². The summed E-state index contributed by atoms with van der Waals surface area (Å²) in [4.78, 5) is 0. The van der Waals surface area contributed by atoms with Crippen molar-refractivity contribution in [2.75, 3.05) is 0 Å². The summed E-state index contributed by atoms with van der Waals surface area (Å²) in [7, 11) is 0. The topological polar surface area (TPSA) is 49.7 Å². The lowest BCUT2D eigenvalue weighted by molar-refractivity contribution is -0.219. The first-order chi connectivity index (χ1) is 5.92. The van der Waals surface area contributed by atoms with Gasteiger partial charge in [0.05, 0.1) is 12.2 Å². The molecule has 3 nitrogen and oxygen atoms in total. The van der Waals surface area contributed by atoms with Crippen molar-refractivity contribution < 1.29 is 14.9 Å². The van der Waals surface area contributed by atoms with Crippen molar-refractivity contribution >= 4 is 0 Å². The molecular formula is C10H18O3. The summed E-state index contributed by atoms with van der Waals surface area (Å²) in [6, 6.07) is 0. The quantitative estimate of drug-likeness (QED) is 0.512. The Morgan fingerprint density at radius 2 is 2.08 bits per heavy atom. The minimum Gasteiger partial charge on any atom is -0.390 e. The van der Waals surface area contributed by atoms with Crippen LogP contribution in [0.25, 0.3) is 0 Å². The Kier molecular flexibility index (Phi) is 3.11. The lowest BCUT2D eigenvalue weighted by atomic mass is 10.1. The fourth-order valence-corrected chi connectivity index (χ4v) is 1.70. The van der Waals surface area contributed by atoms with Gasteiger partial charge in [-0.1, -0.05) is 6.08 Å². The maximum atomic E-state index is 9.57. The van der Waals surface area contributed by atoms with E-state index in [1.165, 1.54) is 0 Å². The lowest BCUT2D eigenvalue weighted by Gasteiger charge is -2.25. The Hall–Kier alpha value is -0.380. The number of ether oxygens (including phenoxy) is 1. The third-order valence-corrected chi connectivity index (χ3v) is 2.28. The van der Waals surface area contributed by atoms with Crippen molar-refractivity contribution in [3.05, 3.63) is 12.7 Å². The Balaban J connectivity index is 2.48. The molecule has 0 aliphatic heterocycles. The summed E-state index contributed by atoms with van der Waals surface area (Å²) in [5.41, 5.74) is 0. The van der Waals surface area contributed by atoms with Crippen LogP contribution in [0, 0.1) is 5.92 Å². The fourth-order valence-electron chi connectivity index (χ4n) is 1.70. The third-order valence-electron chi connectivity index (χ3n) is 2.28. The van der Waals surface area contributed by atoms with E-state index in [9.17, 15) is 10.2 Å². The number of aliphatic hydroxyl groups is 2. The molecule has 3 heteroatoms. The molecule has 1 aliphatic rings. The van der Waals surface area contributed by atoms with Gasteiger partial charge in [0.15, 0.2) is 5.79 Å². The SMILES string of the molecule is C=C[C@H]1C[C@H](O)[C@H](OC(C)(C)O)C1. The average molecular weight is 186 g/mol. The van der Waals surface area contributed by atoms with E-state index in [1.54, 1.807) is 13.8 Å². The van der Waals surface area contributed by atoms with Crippen LogP contribution in [0.1, 0.15) is 26.7 Å². The molecular weight excluding hydrogens is 168 g/mol. The van der Waals surface area contributed by atoms with Crippen molar-refractivity contribution in [1.29, 1.82) is 0 Å². The lowest BCUT2D eigenvalue weighted by Crippen LogP contribution is -2.34. The van der Waals surface area contributed by atoms with Gasteiger partial charge in [-0.2, -0.15) is 0 Å². The van der Waals surface area contributed by atoms with E-state index in [2.05, 4.69) is 6.58 Å². The molecule has 0 aromatic carbocycles. The molecule has 2 N–H and O–H groups in total. The Morgan fingerprint density at radius 1 is 1.46 bits per heavy atom. The van der Waals surface area contributed by atoms with Gasteiger partial charge in [-0.25, -0.2) is 0 Å². The molecule has 1 aliphatic carbocycles. The summed E-state index contributed by atoms with van der Waals surface area (Å²) in [6.07, 6.45) is 2.52. The molecule has 0 unspecified atom stereocenters. The van der Waals surface area contributed by atoms with Crippen LogP contribution in [0.2, 0.25) is 0 Å². The maximum absolute atomic E-state index is 9.57. The van der Waals surface area contributed by atoms with Crippen molar-refractivity contribution in [3.8, 4) is 0 Å². The van der Waals surface area contributed by atoms with E-state index >= 15 is 0 Å². The molecule has 1 saturated carbocycles. The normalized spacial score (nSPS) is 34.9. The standard InChI is InChI=1S/C10H18O3/c1-4-7-5-8(11)9(6-7)13-10(2,3)12/h4,7-9,11-12H,1,5-6H2,2-3H3/t7-,8-,9+/m0/s1. The van der Waals surface area contributed by atoms with E-state index in [4.69, 9.17) is 4.74 Å². The average Bonchev–Trinajstić information content (AvgIpc) is 2.29. The third kappa shape index (κ3) is 3.10. The first-order valence-corrected chi connectivity index (χ1v) is 4.63. The second-order valence-electron chi connectivity index (χ2n) is 4.14. The molecule has 0 saturated heterocycles. The van der Waals surface area contributed by atoms with Gasteiger partial charge in [-0.3, -0.25) is 0 Å². The Morgan fingerprint density at radius 3 is 2.46 bits per heavy atom. The molecule has 0 radical (unpaired) electrons. The van der Waals surface area contributed by atoms with Crippen molar-refractivity contribution in [2.45, 2.75) is 44.7 Å². The van der Waals surface area contributed by atoms with Gasteiger partial charge in [-0.15, -0.1) is 6.58 Å². The summed E-state index contributed by atoms with van der Waals surface area (Å²) < 4.78 is 5.30. The van der Waals surface area contributed by atoms with Crippen LogP contribution in [-0.4, -0.2) is 28.2 Å². The van der Waals surface area contributed by atoms with Crippen molar-refractivity contribution in [3.63, 3.8) is 0 Å². The second kappa shape index (κ2) is 3.78. The van der Waals surface area contributed by atoms with E-state index in [0.717, 1.165) is 6.42 Å². The van der Waals surface area contributed by atoms with Crippen LogP contribution in [0.3, 0.4) is 0 Å². The van der Waals surface area contributed by atoms with E-state index in [1.807, 2.05) is 6.08 Å². The van der Waals surface area contributed by atoms with E-state index < -0.39 is 11.9 Å². The van der Waals surface area contributed by atoms with Crippen LogP contribution in [0.5, 0.6) is 0 Å². The molecule has 0 heterocycles. The van der Waals surface area contributed by atoms with Crippen LogP contribution in [0.4, 0.5) is 0 Å². The Labute approximate surface area is 79.0 Å². The molecule has 0 bridgehead atoms. The number of aliphatic hydroxyl groups excluding tert-OH is 1. The number of hydrogen-bond acceptors (Lipinski definition) is 3. The summed E-state index contributed by atoms with van der Waals surface area (Å²) in [6.45, 7) is 6.82. The largest absolute Gasteiger partial charge is 0.390 e. The monoisotopic (exact) mass is 186 g/mol. The number of allylic oxidation sites excluding steroid dienone is 1. The van der Waals surface area contributed by atoms with Gasteiger partial charge < -0.3 is 14.9 Å². The number of hydrogen-bond donors (Lipinski definition) is 2. The molecule has 0 amide bonds. The minimum absolute atomic E-state index is 0.261. The molecule has 0 aromatic heterocycles. The summed E-state index contributed by atoms with van der Waals surface area (Å²) >= 11 is 0. The minimum atomic E-state index is -1.16. The molecule has 0 aromatic rings. The highest BCUT2D eigenvalue weighted by molar-refractivity contribution is 4.93. The Bertz CT molecular complexity index is 183. The summed E-state index contributed by atoms with van der Waals surface area (Å²) in [5.74, 6) is -0.857. The van der Waals surface area contributed by atoms with Gasteiger partial charge in [0.1, 0.15) is 0 Å². The van der Waals surface area contributed by atoms with Crippen molar-refractivity contribution in [2.24, 2.45) is 5.92 Å². The van der Waals surface area contributed by atoms with Gasteiger partial charge in [0, 0.05) is 0 Å². The highest BCUT2D eigenvalue weighted by Crippen LogP contribution is 2.30.